The second kappa shape index (κ2) is 7.58. The molecule has 2 N–H and O–H groups in total. The van der Waals surface area contributed by atoms with E-state index in [1.54, 1.807) is 6.92 Å². The van der Waals surface area contributed by atoms with Gasteiger partial charge < -0.3 is 15.2 Å². The van der Waals surface area contributed by atoms with Gasteiger partial charge in [0.2, 0.25) is 5.91 Å². The topological polar surface area (TPSA) is 92.7 Å². The summed E-state index contributed by atoms with van der Waals surface area (Å²) in [7, 11) is 0. The highest BCUT2D eigenvalue weighted by Gasteiger charge is 2.21. The molecule has 7 heteroatoms. The molecule has 6 nitrogen and oxygen atoms in total. The van der Waals surface area contributed by atoms with Crippen LogP contribution in [0.2, 0.25) is 0 Å². The molecule has 0 atom stereocenters. The van der Waals surface area contributed by atoms with Crippen LogP contribution in [0, 0.1) is 13.8 Å². The van der Waals surface area contributed by atoms with Gasteiger partial charge in [0, 0.05) is 17.0 Å². The number of carbonyl (C=O) groups is 3. The van der Waals surface area contributed by atoms with Crippen LogP contribution in [-0.4, -0.2) is 29.6 Å². The van der Waals surface area contributed by atoms with Crippen LogP contribution in [0.3, 0.4) is 0 Å². The van der Waals surface area contributed by atoms with E-state index in [0.29, 0.717) is 23.6 Å². The fourth-order valence-corrected chi connectivity index (χ4v) is 2.58. The van der Waals surface area contributed by atoms with E-state index < -0.39 is 17.8 Å². The van der Waals surface area contributed by atoms with Crippen LogP contribution in [0.25, 0.3) is 0 Å². The Kier molecular flexibility index (Phi) is 6.10. The van der Waals surface area contributed by atoms with Crippen molar-refractivity contribution in [2.24, 2.45) is 0 Å². The summed E-state index contributed by atoms with van der Waals surface area (Å²) in [5.74, 6) is -2.31. The zero-order valence-corrected chi connectivity index (χ0v) is 12.9. The molecule has 0 aliphatic rings. The fraction of sp³-hybridized carbons (Fsp3) is 0.357. The van der Waals surface area contributed by atoms with Crippen LogP contribution in [0.4, 0.5) is 5.00 Å². The molecule has 0 aromatic carbocycles. The molecule has 1 rings (SSSR count). The number of aliphatic carboxylic acids is 1. The normalized spacial score (nSPS) is 10.6. The van der Waals surface area contributed by atoms with E-state index in [2.05, 4.69) is 5.32 Å². The summed E-state index contributed by atoms with van der Waals surface area (Å²) in [6.45, 7) is 5.80. The molecule has 0 fully saturated rings. The molecule has 0 radical (unpaired) electrons. The largest absolute Gasteiger partial charge is 0.478 e. The van der Waals surface area contributed by atoms with E-state index in [4.69, 9.17) is 9.84 Å². The predicted molar refractivity (Wildman–Crippen MR) is 79.8 cm³/mol. The lowest BCUT2D eigenvalue weighted by Crippen LogP contribution is -2.13. The SMILES string of the molecule is CCCOC(=O)c1c(NC(=O)C=CC(=O)O)sc(C)c1C. The van der Waals surface area contributed by atoms with Gasteiger partial charge in [0.15, 0.2) is 0 Å². The van der Waals surface area contributed by atoms with Gasteiger partial charge in [-0.2, -0.15) is 0 Å². The number of carboxylic acid groups (broad SMARTS) is 1. The molecular formula is C14H17NO5S. The van der Waals surface area contributed by atoms with Crippen LogP contribution in [0.15, 0.2) is 12.2 Å². The van der Waals surface area contributed by atoms with Crippen molar-refractivity contribution >= 4 is 34.2 Å². The van der Waals surface area contributed by atoms with Gasteiger partial charge in [-0.25, -0.2) is 9.59 Å². The number of ether oxygens (including phenoxy) is 1. The monoisotopic (exact) mass is 311 g/mol. The smallest absolute Gasteiger partial charge is 0.341 e. The number of thiophene rings is 1. The molecular weight excluding hydrogens is 294 g/mol. The van der Waals surface area contributed by atoms with Crippen molar-refractivity contribution in [3.05, 3.63) is 28.2 Å². The van der Waals surface area contributed by atoms with Gasteiger partial charge in [-0.1, -0.05) is 6.92 Å². The number of carbonyl (C=O) groups excluding carboxylic acids is 2. The number of rotatable bonds is 6. The quantitative estimate of drug-likeness (QED) is 0.622. The van der Waals surface area contributed by atoms with Crippen LogP contribution < -0.4 is 5.32 Å². The second-order valence-corrected chi connectivity index (χ2v) is 5.51. The van der Waals surface area contributed by atoms with Gasteiger partial charge in [0.1, 0.15) is 5.00 Å². The van der Waals surface area contributed by atoms with Gasteiger partial charge >= 0.3 is 11.9 Å². The van der Waals surface area contributed by atoms with Gasteiger partial charge in [0.25, 0.3) is 0 Å². The minimum Gasteiger partial charge on any atom is -0.478 e. The Balaban J connectivity index is 2.97. The Morgan fingerprint density at radius 3 is 2.52 bits per heavy atom. The third-order valence-electron chi connectivity index (χ3n) is 2.64. The molecule has 114 valence electrons. The fourth-order valence-electron chi connectivity index (χ4n) is 1.53. The summed E-state index contributed by atoms with van der Waals surface area (Å²) in [5.41, 5.74) is 1.07. The van der Waals surface area contributed by atoms with E-state index >= 15 is 0 Å². The highest BCUT2D eigenvalue weighted by molar-refractivity contribution is 7.16. The lowest BCUT2D eigenvalue weighted by Gasteiger charge is -2.06. The number of hydrogen-bond acceptors (Lipinski definition) is 5. The average Bonchev–Trinajstić information content (AvgIpc) is 2.69. The van der Waals surface area contributed by atoms with Gasteiger partial charge in [0.05, 0.1) is 12.2 Å². The molecule has 0 saturated carbocycles. The number of nitrogens with one attached hydrogen (secondary N) is 1. The van der Waals surface area contributed by atoms with Gasteiger partial charge in [-0.05, 0) is 25.8 Å². The first-order valence-corrected chi connectivity index (χ1v) is 7.17. The molecule has 0 aliphatic heterocycles. The first-order valence-electron chi connectivity index (χ1n) is 6.35. The number of esters is 1. The zero-order valence-electron chi connectivity index (χ0n) is 12.1. The third-order valence-corrected chi connectivity index (χ3v) is 3.76. The standard InChI is InChI=1S/C14H17NO5S/c1-4-7-20-14(19)12-8(2)9(3)21-13(12)15-10(16)5-6-11(17)18/h5-6H,4,7H2,1-3H3,(H,15,16)(H,17,18). The Labute approximate surface area is 126 Å². The van der Waals surface area contributed by atoms with Crippen LogP contribution >= 0.6 is 11.3 Å². The van der Waals surface area contributed by atoms with Crippen molar-refractivity contribution in [2.75, 3.05) is 11.9 Å². The molecule has 1 aromatic heterocycles. The Hall–Kier alpha value is -2.15. The van der Waals surface area contributed by atoms with E-state index in [-0.39, 0.29) is 0 Å². The highest BCUT2D eigenvalue weighted by atomic mass is 32.1. The van der Waals surface area contributed by atoms with Crippen LogP contribution in [0.5, 0.6) is 0 Å². The summed E-state index contributed by atoms with van der Waals surface area (Å²) in [5, 5.41) is 11.4. The maximum Gasteiger partial charge on any atom is 0.341 e. The van der Waals surface area contributed by atoms with E-state index in [1.165, 1.54) is 11.3 Å². The summed E-state index contributed by atoms with van der Waals surface area (Å²) in [4.78, 5) is 34.9. The van der Waals surface area contributed by atoms with Gasteiger partial charge in [-0.3, -0.25) is 4.79 Å². The zero-order chi connectivity index (χ0) is 16.0. The van der Waals surface area contributed by atoms with Crippen LogP contribution in [0.1, 0.15) is 34.1 Å². The molecule has 0 bridgehead atoms. The molecule has 0 saturated heterocycles. The average molecular weight is 311 g/mol. The van der Waals surface area contributed by atoms with E-state index in [0.717, 1.165) is 22.6 Å². The highest BCUT2D eigenvalue weighted by Crippen LogP contribution is 2.33. The Morgan fingerprint density at radius 1 is 1.29 bits per heavy atom. The first-order chi connectivity index (χ1) is 9.86. The summed E-state index contributed by atoms with van der Waals surface area (Å²) in [6.07, 6.45) is 2.34. The number of anilines is 1. The molecule has 0 spiro atoms. The van der Waals surface area contributed by atoms with E-state index in [1.807, 2.05) is 13.8 Å². The maximum atomic E-state index is 12.0. The van der Waals surface area contributed by atoms with E-state index in [9.17, 15) is 14.4 Å². The predicted octanol–water partition coefficient (Wildman–Crippen LogP) is 2.51. The molecule has 1 amide bonds. The molecule has 0 unspecified atom stereocenters. The number of hydrogen-bond donors (Lipinski definition) is 2. The van der Waals surface area contributed by atoms with Crippen molar-refractivity contribution in [2.45, 2.75) is 27.2 Å². The van der Waals surface area contributed by atoms with Crippen molar-refractivity contribution in [3.8, 4) is 0 Å². The lowest BCUT2D eigenvalue weighted by molar-refractivity contribution is -0.131. The molecule has 1 heterocycles. The minimum atomic E-state index is -1.22. The first kappa shape index (κ1) is 16.9. The number of aryl methyl sites for hydroxylation is 1. The lowest BCUT2D eigenvalue weighted by atomic mass is 10.1. The minimum absolute atomic E-state index is 0.305. The molecule has 1 aromatic rings. The Morgan fingerprint density at radius 2 is 1.95 bits per heavy atom. The third kappa shape index (κ3) is 4.71. The van der Waals surface area contributed by atoms with Crippen LogP contribution in [-0.2, 0) is 14.3 Å². The van der Waals surface area contributed by atoms with Crippen molar-refractivity contribution in [3.63, 3.8) is 0 Å². The Bertz CT molecular complexity index is 588. The number of amides is 1. The number of carboxylic acids is 1. The summed E-state index contributed by atoms with van der Waals surface area (Å²) >= 11 is 1.25. The van der Waals surface area contributed by atoms with Crippen molar-refractivity contribution in [1.29, 1.82) is 0 Å². The second-order valence-electron chi connectivity index (χ2n) is 4.28. The van der Waals surface area contributed by atoms with Crippen molar-refractivity contribution < 1.29 is 24.2 Å². The van der Waals surface area contributed by atoms with Gasteiger partial charge in [-0.15, -0.1) is 11.3 Å². The maximum absolute atomic E-state index is 12.0. The van der Waals surface area contributed by atoms with Crippen molar-refractivity contribution in [1.82, 2.24) is 0 Å². The molecule has 0 aliphatic carbocycles. The molecule has 21 heavy (non-hydrogen) atoms. The summed E-state index contributed by atoms with van der Waals surface area (Å²) in [6, 6.07) is 0. The summed E-state index contributed by atoms with van der Waals surface area (Å²) < 4.78 is 5.10.